The molecule has 0 bridgehead atoms. The van der Waals surface area contributed by atoms with Crippen molar-refractivity contribution in [3.8, 4) is 0 Å². The number of aliphatic hydroxyl groups is 1. The Morgan fingerprint density at radius 2 is 1.76 bits per heavy atom. The summed E-state index contributed by atoms with van der Waals surface area (Å²) in [4.78, 5) is 66.0. The molecule has 4 amide bonds. The number of ketones is 1. The number of nitrogens with one attached hydrogen (secondary N) is 3. The van der Waals surface area contributed by atoms with E-state index in [0.717, 1.165) is 16.3 Å². The first-order chi connectivity index (χ1) is 20.0. The van der Waals surface area contributed by atoms with Crippen LogP contribution in [0.2, 0.25) is 0 Å². The van der Waals surface area contributed by atoms with Crippen molar-refractivity contribution in [2.75, 3.05) is 26.3 Å². The molecule has 4 atom stereocenters. The Morgan fingerprint density at radius 1 is 1.05 bits per heavy atom. The van der Waals surface area contributed by atoms with Crippen LogP contribution in [0.15, 0.2) is 42.5 Å². The first-order valence-electron chi connectivity index (χ1n) is 14.4. The third-order valence-corrected chi connectivity index (χ3v) is 7.79. The molecule has 0 aliphatic carbocycles. The molecule has 2 aliphatic rings. The molecule has 0 unspecified atom stereocenters. The number of amides is 4. The van der Waals surface area contributed by atoms with Crippen LogP contribution in [0.3, 0.4) is 0 Å². The molecule has 2 saturated heterocycles. The van der Waals surface area contributed by atoms with Crippen LogP contribution in [0.4, 0.5) is 0 Å². The molecule has 42 heavy (non-hydrogen) atoms. The Balaban J connectivity index is 1.56. The molecule has 2 aliphatic heterocycles. The zero-order chi connectivity index (χ0) is 30.4. The van der Waals surface area contributed by atoms with Crippen molar-refractivity contribution < 1.29 is 33.8 Å². The van der Waals surface area contributed by atoms with Crippen molar-refractivity contribution in [2.45, 2.75) is 70.2 Å². The van der Waals surface area contributed by atoms with Crippen molar-refractivity contribution in [1.82, 2.24) is 20.9 Å². The fraction of sp³-hybridized carbons (Fsp3) is 0.516. The summed E-state index contributed by atoms with van der Waals surface area (Å²) in [6.07, 6.45) is 1.52. The highest BCUT2D eigenvalue weighted by Gasteiger charge is 2.54. The van der Waals surface area contributed by atoms with Gasteiger partial charge in [-0.05, 0) is 41.5 Å². The molecular formula is C31H40N4O7. The highest BCUT2D eigenvalue weighted by Crippen LogP contribution is 2.30. The number of epoxide rings is 1. The van der Waals surface area contributed by atoms with Crippen molar-refractivity contribution in [3.05, 3.63) is 48.0 Å². The van der Waals surface area contributed by atoms with E-state index in [9.17, 15) is 29.1 Å². The summed E-state index contributed by atoms with van der Waals surface area (Å²) in [6, 6.07) is 10.9. The quantitative estimate of drug-likeness (QED) is 0.256. The first-order valence-corrected chi connectivity index (χ1v) is 14.4. The molecule has 4 N–H and O–H groups in total. The average Bonchev–Trinajstić information content (AvgIpc) is 3.61. The maximum atomic E-state index is 13.8. The Kier molecular flexibility index (Phi) is 9.95. The number of rotatable bonds is 13. The van der Waals surface area contributed by atoms with E-state index in [0.29, 0.717) is 25.8 Å². The number of nitrogens with zero attached hydrogens (tertiary/aromatic N) is 1. The standard InChI is InChI=1S/C31H40N4O7/c1-19(2)13-24(28(39)31(17-36)18-42-31)33-29(40)25(15-21-10-11-22-7-4-5-8-23(22)14-21)34-30(41)26-9-6-12-35(26)27(38)16-32-20(3)37/h4-5,7-8,10-11,14,19,24-26,36H,6,9,12-13,15-18H2,1-3H3,(H,32,37)(H,33,40)(H,34,41)/t24-,25-,26-,31+/m0/s1. The molecule has 0 saturated carbocycles. The smallest absolute Gasteiger partial charge is 0.243 e. The lowest BCUT2D eigenvalue weighted by molar-refractivity contribution is -0.140. The van der Waals surface area contributed by atoms with E-state index in [2.05, 4.69) is 16.0 Å². The van der Waals surface area contributed by atoms with Crippen LogP contribution < -0.4 is 16.0 Å². The van der Waals surface area contributed by atoms with Gasteiger partial charge in [-0.3, -0.25) is 24.0 Å². The van der Waals surface area contributed by atoms with Gasteiger partial charge in [0.15, 0.2) is 11.4 Å². The lowest BCUT2D eigenvalue weighted by Crippen LogP contribution is -2.57. The molecule has 4 rings (SSSR count). The number of fused-ring (bicyclic) bond motifs is 1. The summed E-state index contributed by atoms with van der Waals surface area (Å²) in [6.45, 7) is 4.93. The number of Topliss-reactive ketones (excluding diaryl/α,β-unsaturated/α-hetero) is 1. The lowest BCUT2D eigenvalue weighted by atomic mass is 9.92. The van der Waals surface area contributed by atoms with Crippen LogP contribution in [-0.4, -0.2) is 89.4 Å². The molecule has 11 nitrogen and oxygen atoms in total. The number of carbonyl (C=O) groups excluding carboxylic acids is 5. The van der Waals surface area contributed by atoms with E-state index in [-0.39, 0.29) is 37.3 Å². The molecule has 2 aromatic carbocycles. The SMILES string of the molecule is CC(=O)NCC(=O)N1CCC[C@H]1C(=O)N[C@@H](Cc1ccc2ccccc2c1)C(=O)N[C@@H](CC(C)C)C(=O)[C@@]1(CO)CO1. The van der Waals surface area contributed by atoms with Gasteiger partial charge >= 0.3 is 0 Å². The fourth-order valence-electron chi connectivity index (χ4n) is 5.41. The molecule has 2 heterocycles. The van der Waals surface area contributed by atoms with Gasteiger partial charge in [-0.25, -0.2) is 0 Å². The van der Waals surface area contributed by atoms with Crippen LogP contribution in [-0.2, 0) is 35.1 Å². The number of aliphatic hydroxyl groups excluding tert-OH is 1. The minimum absolute atomic E-state index is 0.0592. The van der Waals surface area contributed by atoms with Crippen molar-refractivity contribution in [1.29, 1.82) is 0 Å². The van der Waals surface area contributed by atoms with E-state index >= 15 is 0 Å². The zero-order valence-corrected chi connectivity index (χ0v) is 24.4. The van der Waals surface area contributed by atoms with Gasteiger partial charge in [0, 0.05) is 19.9 Å². The largest absolute Gasteiger partial charge is 0.393 e. The molecule has 226 valence electrons. The van der Waals surface area contributed by atoms with Gasteiger partial charge in [0.25, 0.3) is 0 Å². The van der Waals surface area contributed by atoms with Crippen LogP contribution in [0.25, 0.3) is 10.8 Å². The summed E-state index contributed by atoms with van der Waals surface area (Å²) in [5.74, 6) is -2.08. The van der Waals surface area contributed by atoms with Crippen LogP contribution >= 0.6 is 0 Å². The average molecular weight is 581 g/mol. The zero-order valence-electron chi connectivity index (χ0n) is 24.4. The minimum atomic E-state index is -1.30. The van der Waals surface area contributed by atoms with E-state index in [1.165, 1.54) is 11.8 Å². The first kappa shape index (κ1) is 31.1. The van der Waals surface area contributed by atoms with E-state index in [1.807, 2.05) is 56.3 Å². The third-order valence-electron chi connectivity index (χ3n) is 7.79. The summed E-state index contributed by atoms with van der Waals surface area (Å²) < 4.78 is 5.26. The van der Waals surface area contributed by atoms with Gasteiger partial charge in [-0.15, -0.1) is 0 Å². The Labute approximate surface area is 245 Å². The molecular weight excluding hydrogens is 540 g/mol. The second-order valence-corrected chi connectivity index (χ2v) is 11.6. The van der Waals surface area contributed by atoms with Crippen molar-refractivity contribution in [3.63, 3.8) is 0 Å². The maximum Gasteiger partial charge on any atom is 0.243 e. The number of hydrogen-bond donors (Lipinski definition) is 4. The van der Waals surface area contributed by atoms with Gasteiger partial charge in [0.2, 0.25) is 23.6 Å². The normalized spacial score (nSPS) is 21.1. The van der Waals surface area contributed by atoms with Crippen LogP contribution in [0.5, 0.6) is 0 Å². The summed E-state index contributed by atoms with van der Waals surface area (Å²) in [5, 5.41) is 19.9. The second kappa shape index (κ2) is 13.4. The molecule has 11 heteroatoms. The van der Waals surface area contributed by atoms with Gasteiger partial charge < -0.3 is 30.7 Å². The molecule has 2 fully saturated rings. The maximum absolute atomic E-state index is 13.8. The Hall–Kier alpha value is -3.83. The van der Waals surface area contributed by atoms with Gasteiger partial charge in [0.05, 0.1) is 25.8 Å². The van der Waals surface area contributed by atoms with Crippen molar-refractivity contribution in [2.24, 2.45) is 5.92 Å². The van der Waals surface area contributed by atoms with Crippen LogP contribution in [0.1, 0.15) is 45.6 Å². The number of carbonyl (C=O) groups is 5. The van der Waals surface area contributed by atoms with E-state index in [4.69, 9.17) is 4.74 Å². The number of likely N-dealkylation sites (tertiary alicyclic amines) is 1. The fourth-order valence-corrected chi connectivity index (χ4v) is 5.41. The van der Waals surface area contributed by atoms with Gasteiger partial charge in [-0.2, -0.15) is 0 Å². The Morgan fingerprint density at radius 3 is 2.40 bits per heavy atom. The predicted molar refractivity (Wildman–Crippen MR) is 155 cm³/mol. The highest BCUT2D eigenvalue weighted by atomic mass is 16.6. The van der Waals surface area contributed by atoms with Crippen LogP contribution in [0, 0.1) is 5.92 Å². The molecule has 0 radical (unpaired) electrons. The third kappa shape index (κ3) is 7.51. The number of benzene rings is 2. The number of ether oxygens (including phenoxy) is 1. The minimum Gasteiger partial charge on any atom is -0.393 e. The lowest BCUT2D eigenvalue weighted by Gasteiger charge is -2.28. The van der Waals surface area contributed by atoms with Crippen molar-refractivity contribution >= 4 is 40.2 Å². The summed E-state index contributed by atoms with van der Waals surface area (Å²) >= 11 is 0. The number of hydrogen-bond acceptors (Lipinski definition) is 7. The monoisotopic (exact) mass is 580 g/mol. The molecule has 0 aromatic heterocycles. The topological polar surface area (TPSA) is 157 Å². The van der Waals surface area contributed by atoms with Gasteiger partial charge in [-0.1, -0.05) is 56.3 Å². The second-order valence-electron chi connectivity index (χ2n) is 11.6. The summed E-state index contributed by atoms with van der Waals surface area (Å²) in [7, 11) is 0. The highest BCUT2D eigenvalue weighted by molar-refractivity contribution is 5.99. The predicted octanol–water partition coefficient (Wildman–Crippen LogP) is 0.856. The Bertz CT molecular complexity index is 1340. The summed E-state index contributed by atoms with van der Waals surface area (Å²) in [5.41, 5.74) is -0.494. The van der Waals surface area contributed by atoms with Gasteiger partial charge in [0.1, 0.15) is 12.1 Å². The van der Waals surface area contributed by atoms with E-state index in [1.54, 1.807) is 0 Å². The molecule has 0 spiro atoms. The van der Waals surface area contributed by atoms with E-state index < -0.39 is 47.9 Å². The molecule has 2 aromatic rings.